The largest absolute Gasteiger partial charge is 0.338 e. The summed E-state index contributed by atoms with van der Waals surface area (Å²) < 4.78 is 27.1. The minimum absolute atomic E-state index is 0.0996. The molecule has 2 rings (SSSR count). The van der Waals surface area contributed by atoms with Gasteiger partial charge in [-0.1, -0.05) is 17.7 Å². The van der Waals surface area contributed by atoms with Gasteiger partial charge < -0.3 is 4.90 Å². The molecule has 1 aromatic heterocycles. The van der Waals surface area contributed by atoms with Crippen molar-refractivity contribution in [3.05, 3.63) is 56.7 Å². The topological polar surface area (TPSA) is 23.6 Å². The van der Waals surface area contributed by atoms with Crippen molar-refractivity contribution in [2.45, 2.75) is 19.5 Å². The van der Waals surface area contributed by atoms with E-state index >= 15 is 0 Å². The van der Waals surface area contributed by atoms with Crippen molar-refractivity contribution in [2.75, 3.05) is 20.6 Å². The van der Waals surface area contributed by atoms with Crippen LogP contribution < -0.4 is 0 Å². The van der Waals surface area contributed by atoms with Crippen molar-refractivity contribution >= 4 is 28.8 Å². The Balaban J connectivity index is 1.96. The standard InChI is InChI=1S/C17H19ClF2N2OS/c1-11(12-4-6-14(19)15(20)8-12)22(3)17(23)10-21(2)9-13-5-7-16(18)24-13/h4-8,11H,9-10H2,1-3H3. The number of amides is 1. The Morgan fingerprint density at radius 1 is 1.21 bits per heavy atom. The van der Waals surface area contributed by atoms with Gasteiger partial charge in [0.1, 0.15) is 0 Å². The van der Waals surface area contributed by atoms with E-state index in [1.807, 2.05) is 24.1 Å². The zero-order chi connectivity index (χ0) is 17.9. The van der Waals surface area contributed by atoms with Crippen molar-refractivity contribution < 1.29 is 13.6 Å². The van der Waals surface area contributed by atoms with Crippen LogP contribution in [0.5, 0.6) is 0 Å². The number of rotatable bonds is 6. The van der Waals surface area contributed by atoms with Gasteiger partial charge in [-0.15, -0.1) is 11.3 Å². The monoisotopic (exact) mass is 372 g/mol. The molecule has 0 fully saturated rings. The minimum Gasteiger partial charge on any atom is -0.338 e. The molecule has 0 aliphatic rings. The molecule has 0 spiro atoms. The number of nitrogens with zero attached hydrogens (tertiary/aromatic N) is 2. The smallest absolute Gasteiger partial charge is 0.236 e. The van der Waals surface area contributed by atoms with Crippen LogP contribution in [0.25, 0.3) is 0 Å². The van der Waals surface area contributed by atoms with E-state index in [9.17, 15) is 13.6 Å². The van der Waals surface area contributed by atoms with Crippen molar-refractivity contribution in [3.8, 4) is 0 Å². The molecule has 24 heavy (non-hydrogen) atoms. The number of carbonyl (C=O) groups is 1. The van der Waals surface area contributed by atoms with E-state index in [-0.39, 0.29) is 18.5 Å². The molecule has 0 aliphatic heterocycles. The SMILES string of the molecule is CC(c1ccc(F)c(F)c1)N(C)C(=O)CN(C)Cc1ccc(Cl)s1. The second kappa shape index (κ2) is 8.05. The maximum absolute atomic E-state index is 13.4. The van der Waals surface area contributed by atoms with Crippen LogP contribution in [0, 0.1) is 11.6 Å². The second-order valence-electron chi connectivity index (χ2n) is 5.73. The van der Waals surface area contributed by atoms with Crippen LogP contribution >= 0.6 is 22.9 Å². The normalized spacial score (nSPS) is 12.5. The fourth-order valence-corrected chi connectivity index (χ4v) is 3.48. The lowest BCUT2D eigenvalue weighted by Gasteiger charge is -2.27. The molecule has 0 bridgehead atoms. The highest BCUT2D eigenvalue weighted by Gasteiger charge is 2.20. The molecule has 130 valence electrons. The molecule has 2 aromatic rings. The molecule has 1 heterocycles. The molecule has 1 atom stereocenters. The Labute approximate surface area is 149 Å². The maximum Gasteiger partial charge on any atom is 0.236 e. The third-order valence-electron chi connectivity index (χ3n) is 3.86. The molecular weight excluding hydrogens is 354 g/mol. The van der Waals surface area contributed by atoms with Crippen molar-refractivity contribution in [2.24, 2.45) is 0 Å². The minimum atomic E-state index is -0.910. The lowest BCUT2D eigenvalue weighted by Crippen LogP contribution is -2.37. The quantitative estimate of drug-likeness (QED) is 0.753. The predicted molar refractivity (Wildman–Crippen MR) is 93.2 cm³/mol. The van der Waals surface area contributed by atoms with Crippen LogP contribution in [0.3, 0.4) is 0 Å². The summed E-state index contributed by atoms with van der Waals surface area (Å²) in [6.45, 7) is 2.63. The van der Waals surface area contributed by atoms with Crippen molar-refractivity contribution in [1.29, 1.82) is 0 Å². The average Bonchev–Trinajstić information content (AvgIpc) is 2.93. The van der Waals surface area contributed by atoms with Gasteiger partial charge in [0.25, 0.3) is 0 Å². The maximum atomic E-state index is 13.4. The lowest BCUT2D eigenvalue weighted by molar-refractivity contribution is -0.132. The summed E-state index contributed by atoms with van der Waals surface area (Å²) in [5, 5.41) is 0. The van der Waals surface area contributed by atoms with Gasteiger partial charge in [-0.05, 0) is 43.8 Å². The summed E-state index contributed by atoms with van der Waals surface area (Å²) in [6, 6.07) is 7.10. The Morgan fingerprint density at radius 3 is 2.50 bits per heavy atom. The van der Waals surface area contributed by atoms with Gasteiger partial charge in [0.05, 0.1) is 16.9 Å². The molecule has 3 nitrogen and oxygen atoms in total. The Kier molecular flexibility index (Phi) is 6.32. The highest BCUT2D eigenvalue weighted by molar-refractivity contribution is 7.16. The number of benzene rings is 1. The first kappa shape index (κ1) is 18.8. The fourth-order valence-electron chi connectivity index (χ4n) is 2.31. The molecule has 7 heteroatoms. The number of hydrogen-bond donors (Lipinski definition) is 0. The van der Waals surface area contributed by atoms with Crippen LogP contribution in [-0.2, 0) is 11.3 Å². The highest BCUT2D eigenvalue weighted by atomic mass is 35.5. The van der Waals surface area contributed by atoms with Crippen LogP contribution in [0.1, 0.15) is 23.4 Å². The van der Waals surface area contributed by atoms with Gasteiger partial charge in [-0.2, -0.15) is 0 Å². The van der Waals surface area contributed by atoms with E-state index in [0.29, 0.717) is 16.4 Å². The van der Waals surface area contributed by atoms with Crippen molar-refractivity contribution in [3.63, 3.8) is 0 Å². The van der Waals surface area contributed by atoms with E-state index in [1.54, 1.807) is 14.0 Å². The van der Waals surface area contributed by atoms with E-state index in [4.69, 9.17) is 11.6 Å². The summed E-state index contributed by atoms with van der Waals surface area (Å²) in [6.07, 6.45) is 0. The number of carbonyl (C=O) groups excluding carboxylic acids is 1. The summed E-state index contributed by atoms with van der Waals surface area (Å²) in [4.78, 5) is 16.9. The number of thiophene rings is 1. The summed E-state index contributed by atoms with van der Waals surface area (Å²) in [7, 11) is 3.51. The third-order valence-corrected chi connectivity index (χ3v) is 5.08. The molecule has 0 saturated heterocycles. The summed E-state index contributed by atoms with van der Waals surface area (Å²) >= 11 is 7.38. The second-order valence-corrected chi connectivity index (χ2v) is 7.53. The zero-order valence-corrected chi connectivity index (χ0v) is 15.3. The van der Waals surface area contributed by atoms with Crippen LogP contribution in [0.15, 0.2) is 30.3 Å². The number of hydrogen-bond acceptors (Lipinski definition) is 3. The van der Waals surface area contributed by atoms with Crippen LogP contribution in [0.4, 0.5) is 8.78 Å². The van der Waals surface area contributed by atoms with Crippen LogP contribution in [-0.4, -0.2) is 36.3 Å². The first-order valence-electron chi connectivity index (χ1n) is 7.41. The van der Waals surface area contributed by atoms with E-state index in [0.717, 1.165) is 17.0 Å². The van der Waals surface area contributed by atoms with Gasteiger partial charge >= 0.3 is 0 Å². The molecular formula is C17H19ClF2N2OS. The molecule has 0 aliphatic carbocycles. The Morgan fingerprint density at radius 2 is 1.92 bits per heavy atom. The van der Waals surface area contributed by atoms with Gasteiger partial charge in [0, 0.05) is 18.5 Å². The lowest BCUT2D eigenvalue weighted by atomic mass is 10.1. The fraction of sp³-hybridized carbons (Fsp3) is 0.353. The Bertz CT molecular complexity index is 722. The van der Waals surface area contributed by atoms with Gasteiger partial charge in [-0.25, -0.2) is 8.78 Å². The Hall–Kier alpha value is -1.50. The van der Waals surface area contributed by atoms with Gasteiger partial charge in [-0.3, -0.25) is 9.69 Å². The first-order valence-corrected chi connectivity index (χ1v) is 8.60. The van der Waals surface area contributed by atoms with Gasteiger partial charge in [0.15, 0.2) is 11.6 Å². The highest BCUT2D eigenvalue weighted by Crippen LogP contribution is 2.23. The van der Waals surface area contributed by atoms with Crippen molar-refractivity contribution in [1.82, 2.24) is 9.80 Å². The molecule has 0 saturated carbocycles. The average molecular weight is 373 g/mol. The van der Waals surface area contributed by atoms with E-state index in [1.165, 1.54) is 22.3 Å². The molecule has 1 aromatic carbocycles. The van der Waals surface area contributed by atoms with Gasteiger partial charge in [0.2, 0.25) is 5.91 Å². The first-order chi connectivity index (χ1) is 11.3. The summed E-state index contributed by atoms with van der Waals surface area (Å²) in [5.41, 5.74) is 0.553. The van der Waals surface area contributed by atoms with E-state index < -0.39 is 11.6 Å². The van der Waals surface area contributed by atoms with E-state index in [2.05, 4.69) is 0 Å². The zero-order valence-electron chi connectivity index (χ0n) is 13.7. The molecule has 1 amide bonds. The van der Waals surface area contributed by atoms with Crippen LogP contribution in [0.2, 0.25) is 4.34 Å². The third kappa shape index (κ3) is 4.75. The molecule has 1 unspecified atom stereocenters. The number of likely N-dealkylation sites (N-methyl/N-ethyl adjacent to an activating group) is 2. The molecule has 0 radical (unpaired) electrons. The number of halogens is 3. The predicted octanol–water partition coefficient (Wildman–Crippen LogP) is 4.33. The molecule has 0 N–H and O–H groups in total. The summed E-state index contributed by atoms with van der Waals surface area (Å²) in [5.74, 6) is -1.90.